The number of quaternary nitrogens is 2. The van der Waals surface area contributed by atoms with Crippen molar-refractivity contribution in [2.45, 2.75) is 93.9 Å². The topological polar surface area (TPSA) is 144 Å². The molecule has 0 amide bonds. The Labute approximate surface area is 270 Å². The molecule has 0 heterocycles. The van der Waals surface area contributed by atoms with Crippen LogP contribution in [0.2, 0.25) is 0 Å². The monoisotopic (exact) mass is 640 g/mol. The molecule has 0 aromatic heterocycles. The summed E-state index contributed by atoms with van der Waals surface area (Å²) < 4.78 is 11.2. The van der Waals surface area contributed by atoms with Crippen molar-refractivity contribution in [3.63, 3.8) is 0 Å². The summed E-state index contributed by atoms with van der Waals surface area (Å²) in [5, 5.41) is 34.7. The predicted molar refractivity (Wildman–Crippen MR) is 179 cm³/mol. The molecule has 44 heavy (non-hydrogen) atoms. The van der Waals surface area contributed by atoms with Crippen LogP contribution in [0.25, 0.3) is 0 Å². The van der Waals surface area contributed by atoms with E-state index in [1.807, 2.05) is 0 Å². The normalized spacial score (nSPS) is 10.4. The molecule has 0 unspecified atom stereocenters. The van der Waals surface area contributed by atoms with E-state index in [2.05, 4.69) is 55.4 Å². The molecule has 4 N–H and O–H groups in total. The summed E-state index contributed by atoms with van der Waals surface area (Å²) in [5.41, 5.74) is 0. The van der Waals surface area contributed by atoms with E-state index in [-0.39, 0.29) is 23.0 Å². The third kappa shape index (κ3) is 23.6. The van der Waals surface area contributed by atoms with Gasteiger partial charge in [-0.3, -0.25) is 0 Å². The summed E-state index contributed by atoms with van der Waals surface area (Å²) >= 11 is 0. The number of hydrogen-bond acceptors (Lipinski definition) is 7. The van der Waals surface area contributed by atoms with Crippen LogP contribution in [0.3, 0.4) is 0 Å². The molecule has 2 rings (SSSR count). The third-order valence-corrected chi connectivity index (χ3v) is 8.26. The Kier molecular flexibility index (Phi) is 30.0. The first-order chi connectivity index (χ1) is 20.8. The molecule has 0 saturated heterocycles. The van der Waals surface area contributed by atoms with Gasteiger partial charge in [-0.15, -0.1) is 0 Å². The van der Waals surface area contributed by atoms with E-state index in [0.29, 0.717) is 0 Å². The molecule has 0 aliphatic heterocycles. The SMILES string of the molecule is CCCCC[N+](CC)(CC)CC.CCCCC[N+](CC)(CC)CC.O=[Si]([O-])[O-].Oc1ccccc1O.Oc1ccccc1O. The van der Waals surface area contributed by atoms with Gasteiger partial charge in [0.05, 0.1) is 52.4 Å². The van der Waals surface area contributed by atoms with Crippen molar-refractivity contribution in [2.24, 2.45) is 0 Å². The highest BCUT2D eigenvalue weighted by Gasteiger charge is 2.19. The zero-order valence-electron chi connectivity index (χ0n) is 28.9. The number of benzene rings is 2. The fourth-order valence-electron chi connectivity index (χ4n) is 4.61. The average Bonchev–Trinajstić information content (AvgIpc) is 3.02. The Hall–Kier alpha value is -2.82. The summed E-state index contributed by atoms with van der Waals surface area (Å²) in [6.45, 7) is 29.0. The van der Waals surface area contributed by atoms with Gasteiger partial charge in [-0.05, 0) is 91.5 Å². The standard InChI is InChI=1S/2C11H26N.2C6H6O2.O3Si/c2*1-5-9-10-11-12(6-2,7-3)8-4;2*7-5-3-1-2-4-6(5)8;1-4(2)3/h2*5-11H2,1-4H3;2*1-4,7-8H;/q2*+1;;;-2. The fourth-order valence-corrected chi connectivity index (χ4v) is 4.61. The van der Waals surface area contributed by atoms with Gasteiger partial charge >= 0.3 is 0 Å². The minimum atomic E-state index is -3.63. The van der Waals surface area contributed by atoms with Crippen molar-refractivity contribution < 1.29 is 43.4 Å². The lowest BCUT2D eigenvalue weighted by atomic mass is 10.2. The first-order valence-corrected chi connectivity index (χ1v) is 17.6. The molecule has 2 aromatic rings. The minimum Gasteiger partial charge on any atom is -0.672 e. The Morgan fingerprint density at radius 2 is 0.705 bits per heavy atom. The summed E-state index contributed by atoms with van der Waals surface area (Å²) in [4.78, 5) is 17.0. The van der Waals surface area contributed by atoms with Crippen molar-refractivity contribution >= 4 is 9.17 Å². The molecule has 0 radical (unpaired) electrons. The van der Waals surface area contributed by atoms with Crippen LogP contribution in [0, 0.1) is 0 Å². The zero-order chi connectivity index (χ0) is 34.4. The van der Waals surface area contributed by atoms with Crippen molar-refractivity contribution in [2.75, 3.05) is 52.4 Å². The van der Waals surface area contributed by atoms with E-state index >= 15 is 0 Å². The van der Waals surface area contributed by atoms with E-state index in [4.69, 9.17) is 34.5 Å². The van der Waals surface area contributed by atoms with Crippen molar-refractivity contribution in [1.29, 1.82) is 0 Å². The van der Waals surface area contributed by atoms with Crippen LogP contribution in [0.5, 0.6) is 23.0 Å². The predicted octanol–water partition coefficient (Wildman–Crippen LogP) is 5.42. The lowest BCUT2D eigenvalue weighted by Gasteiger charge is -2.35. The van der Waals surface area contributed by atoms with Gasteiger partial charge in [0.2, 0.25) is 0 Å². The van der Waals surface area contributed by atoms with Crippen LogP contribution in [0.15, 0.2) is 48.5 Å². The second-order valence-corrected chi connectivity index (χ2v) is 11.2. The molecule has 0 saturated carbocycles. The number of hydrogen-bond donors (Lipinski definition) is 4. The van der Waals surface area contributed by atoms with E-state index in [1.54, 1.807) is 24.3 Å². The molecule has 0 fully saturated rings. The highest BCUT2D eigenvalue weighted by Crippen LogP contribution is 2.22. The molecule has 0 bridgehead atoms. The van der Waals surface area contributed by atoms with Gasteiger partial charge in [0.1, 0.15) is 0 Å². The second kappa shape index (κ2) is 28.9. The maximum atomic E-state index is 8.67. The van der Waals surface area contributed by atoms with Gasteiger partial charge in [0.15, 0.2) is 23.0 Å². The first-order valence-electron chi connectivity index (χ1n) is 16.3. The summed E-state index contributed by atoms with van der Waals surface area (Å²) in [7, 11) is -3.63. The Morgan fingerprint density at radius 3 is 0.841 bits per heavy atom. The number of phenolic OH excluding ortho intramolecular Hbond substituents is 4. The second-order valence-electron chi connectivity index (χ2n) is 10.7. The molecule has 0 aliphatic carbocycles. The molecule has 2 aromatic carbocycles. The zero-order valence-corrected chi connectivity index (χ0v) is 29.9. The number of nitrogens with zero attached hydrogens (tertiary/aromatic N) is 2. The molecule has 256 valence electrons. The Balaban J connectivity index is -0.000000495. The molecule has 10 heteroatoms. The lowest BCUT2D eigenvalue weighted by molar-refractivity contribution is -0.923. The molecule has 0 atom stereocenters. The van der Waals surface area contributed by atoms with E-state index in [1.165, 1.54) is 124 Å². The molecule has 0 aliphatic rings. The van der Waals surface area contributed by atoms with Crippen molar-refractivity contribution in [1.82, 2.24) is 0 Å². The molecule has 0 spiro atoms. The van der Waals surface area contributed by atoms with Gasteiger partial charge < -0.3 is 43.4 Å². The van der Waals surface area contributed by atoms with E-state index < -0.39 is 9.17 Å². The number of para-hydroxylation sites is 4. The van der Waals surface area contributed by atoms with Gasteiger partial charge in [-0.1, -0.05) is 51.0 Å². The summed E-state index contributed by atoms with van der Waals surface area (Å²) in [5.74, 6) is -0.306. The largest absolute Gasteiger partial charge is 0.672 e. The fraction of sp³-hybridized carbons (Fsp3) is 0.647. The smallest absolute Gasteiger partial charge is 0.157 e. The Bertz CT molecular complexity index is 807. The maximum Gasteiger partial charge on any atom is 0.157 e. The molecular weight excluding hydrogens is 576 g/mol. The number of unbranched alkanes of at least 4 members (excludes halogenated alkanes) is 4. The minimum absolute atomic E-state index is 0.0764. The summed E-state index contributed by atoms with van der Waals surface area (Å²) in [6.07, 6.45) is 8.31. The third-order valence-electron chi connectivity index (χ3n) is 8.26. The summed E-state index contributed by atoms with van der Waals surface area (Å²) in [6, 6.07) is 12.3. The van der Waals surface area contributed by atoms with E-state index in [0.717, 1.165) is 0 Å². The van der Waals surface area contributed by atoms with Crippen LogP contribution in [0.4, 0.5) is 0 Å². The van der Waals surface area contributed by atoms with Gasteiger partial charge in [-0.2, -0.15) is 0 Å². The van der Waals surface area contributed by atoms with Crippen LogP contribution >= 0.6 is 0 Å². The van der Waals surface area contributed by atoms with Gasteiger partial charge in [-0.25, -0.2) is 0 Å². The van der Waals surface area contributed by atoms with Crippen LogP contribution < -0.4 is 9.59 Å². The maximum absolute atomic E-state index is 8.67. The molecule has 9 nitrogen and oxygen atoms in total. The van der Waals surface area contributed by atoms with Gasteiger partial charge in [0, 0.05) is 9.17 Å². The van der Waals surface area contributed by atoms with E-state index in [9.17, 15) is 0 Å². The van der Waals surface area contributed by atoms with Gasteiger partial charge in [0.25, 0.3) is 0 Å². The first kappa shape index (κ1) is 45.6. The average molecular weight is 641 g/mol. The number of rotatable bonds is 14. The van der Waals surface area contributed by atoms with Crippen molar-refractivity contribution in [3.8, 4) is 23.0 Å². The van der Waals surface area contributed by atoms with Crippen LogP contribution in [-0.4, -0.2) is 90.9 Å². The lowest BCUT2D eigenvalue weighted by Crippen LogP contribution is -2.48. The number of aromatic hydroxyl groups is 4. The number of phenols is 4. The van der Waals surface area contributed by atoms with Crippen molar-refractivity contribution in [3.05, 3.63) is 48.5 Å². The highest BCUT2D eigenvalue weighted by molar-refractivity contribution is 6.17. The van der Waals surface area contributed by atoms with Crippen LogP contribution in [-0.2, 0) is 4.46 Å². The Morgan fingerprint density at radius 1 is 0.500 bits per heavy atom. The quantitative estimate of drug-likeness (QED) is 0.0934. The van der Waals surface area contributed by atoms with Crippen LogP contribution in [0.1, 0.15) is 93.9 Å². The highest BCUT2D eigenvalue weighted by atomic mass is 28.3. The molecular formula is C34H64N2O7Si.